The molecule has 0 radical (unpaired) electrons. The first-order valence-corrected chi connectivity index (χ1v) is 6.65. The molecule has 1 aromatic rings. The van der Waals surface area contributed by atoms with Gasteiger partial charge in [-0.05, 0) is 59.9 Å². The van der Waals surface area contributed by atoms with Crippen LogP contribution in [0.5, 0.6) is 0 Å². The molecule has 1 heterocycles. The van der Waals surface area contributed by atoms with Crippen LogP contribution < -0.4 is 10.6 Å². The van der Waals surface area contributed by atoms with E-state index in [4.69, 9.17) is 0 Å². The molecule has 0 spiro atoms. The summed E-state index contributed by atoms with van der Waals surface area (Å²) in [5.41, 5.74) is 3.18. The van der Waals surface area contributed by atoms with Gasteiger partial charge in [-0.1, -0.05) is 6.07 Å². The number of carbonyl (C=O) groups is 1. The molecule has 1 aliphatic rings. The van der Waals surface area contributed by atoms with Crippen LogP contribution in [0.1, 0.15) is 17.5 Å². The Morgan fingerprint density at radius 2 is 2.24 bits per heavy atom. The molecule has 17 heavy (non-hydrogen) atoms. The molecule has 1 aliphatic heterocycles. The number of nitrogens with one attached hydrogen (secondary N) is 2. The standard InChI is InChI=1S/C13H17BrN2O/c1-8-5-9(2)12(11(14)6-8)16-13(17)10-3-4-15-7-10/h5-6,10,15H,3-4,7H2,1-2H3,(H,16,17). The van der Waals surface area contributed by atoms with Crippen LogP contribution in [0.3, 0.4) is 0 Å². The number of aryl methyl sites for hydroxylation is 2. The van der Waals surface area contributed by atoms with Crippen LogP contribution in [0, 0.1) is 19.8 Å². The maximum Gasteiger partial charge on any atom is 0.228 e. The highest BCUT2D eigenvalue weighted by molar-refractivity contribution is 9.10. The second kappa shape index (κ2) is 5.19. The summed E-state index contributed by atoms with van der Waals surface area (Å²) in [6, 6.07) is 4.10. The fourth-order valence-electron chi connectivity index (χ4n) is 2.18. The monoisotopic (exact) mass is 296 g/mol. The highest BCUT2D eigenvalue weighted by Crippen LogP contribution is 2.28. The van der Waals surface area contributed by atoms with Crippen molar-refractivity contribution in [2.75, 3.05) is 18.4 Å². The molecule has 4 heteroatoms. The Bertz CT molecular complexity index is 416. The van der Waals surface area contributed by atoms with E-state index >= 15 is 0 Å². The summed E-state index contributed by atoms with van der Waals surface area (Å²) in [5.74, 6) is 0.213. The normalized spacial score (nSPS) is 19.4. The lowest BCUT2D eigenvalue weighted by Gasteiger charge is -2.14. The van der Waals surface area contributed by atoms with Crippen molar-refractivity contribution in [2.24, 2.45) is 5.92 Å². The number of halogens is 1. The van der Waals surface area contributed by atoms with Gasteiger partial charge < -0.3 is 10.6 Å². The maximum absolute atomic E-state index is 12.0. The van der Waals surface area contributed by atoms with Crippen molar-refractivity contribution in [1.29, 1.82) is 0 Å². The zero-order valence-electron chi connectivity index (χ0n) is 10.1. The number of carbonyl (C=O) groups excluding carboxylic acids is 1. The molecule has 2 N–H and O–H groups in total. The van der Waals surface area contributed by atoms with Crippen LogP contribution in [-0.2, 0) is 4.79 Å². The predicted molar refractivity (Wildman–Crippen MR) is 73.2 cm³/mol. The first kappa shape index (κ1) is 12.6. The summed E-state index contributed by atoms with van der Waals surface area (Å²) in [5, 5.41) is 6.23. The summed E-state index contributed by atoms with van der Waals surface area (Å²) >= 11 is 3.50. The van der Waals surface area contributed by atoms with Gasteiger partial charge >= 0.3 is 0 Å². The molecule has 1 aromatic carbocycles. The molecular formula is C13H17BrN2O. The van der Waals surface area contributed by atoms with E-state index in [1.807, 2.05) is 19.9 Å². The van der Waals surface area contributed by atoms with Crippen molar-refractivity contribution in [3.05, 3.63) is 27.7 Å². The Balaban J connectivity index is 2.15. The second-order valence-electron chi connectivity index (χ2n) is 4.62. The minimum absolute atomic E-state index is 0.0996. The van der Waals surface area contributed by atoms with Gasteiger partial charge in [0, 0.05) is 11.0 Å². The van der Waals surface area contributed by atoms with Gasteiger partial charge in [-0.3, -0.25) is 4.79 Å². The van der Waals surface area contributed by atoms with Gasteiger partial charge in [0.25, 0.3) is 0 Å². The largest absolute Gasteiger partial charge is 0.325 e. The van der Waals surface area contributed by atoms with E-state index in [9.17, 15) is 4.79 Å². The fraction of sp³-hybridized carbons (Fsp3) is 0.462. The number of hydrogen-bond donors (Lipinski definition) is 2. The Labute approximate surface area is 110 Å². The number of rotatable bonds is 2. The van der Waals surface area contributed by atoms with Gasteiger partial charge in [-0.2, -0.15) is 0 Å². The molecule has 0 aliphatic carbocycles. The molecular weight excluding hydrogens is 280 g/mol. The predicted octanol–water partition coefficient (Wildman–Crippen LogP) is 2.61. The Hall–Kier alpha value is -0.870. The van der Waals surface area contributed by atoms with Crippen molar-refractivity contribution in [3.63, 3.8) is 0 Å². The molecule has 0 bridgehead atoms. The first-order chi connectivity index (χ1) is 8.08. The van der Waals surface area contributed by atoms with Crippen LogP contribution in [0.2, 0.25) is 0 Å². The summed E-state index contributed by atoms with van der Waals surface area (Å²) < 4.78 is 0.953. The third-order valence-electron chi connectivity index (χ3n) is 3.11. The van der Waals surface area contributed by atoms with E-state index in [-0.39, 0.29) is 11.8 Å². The zero-order valence-corrected chi connectivity index (χ0v) is 11.7. The van der Waals surface area contributed by atoms with E-state index in [1.54, 1.807) is 0 Å². The smallest absolute Gasteiger partial charge is 0.228 e. The lowest BCUT2D eigenvalue weighted by molar-refractivity contribution is -0.119. The minimum atomic E-state index is 0.0996. The van der Waals surface area contributed by atoms with Crippen molar-refractivity contribution in [2.45, 2.75) is 20.3 Å². The minimum Gasteiger partial charge on any atom is -0.325 e. The van der Waals surface area contributed by atoms with E-state index in [0.29, 0.717) is 0 Å². The van der Waals surface area contributed by atoms with Crippen molar-refractivity contribution < 1.29 is 4.79 Å². The zero-order chi connectivity index (χ0) is 12.4. The fourth-order valence-corrected chi connectivity index (χ4v) is 2.95. The van der Waals surface area contributed by atoms with Gasteiger partial charge in [0.1, 0.15) is 0 Å². The maximum atomic E-state index is 12.0. The van der Waals surface area contributed by atoms with Crippen LogP contribution in [-0.4, -0.2) is 19.0 Å². The molecule has 0 aromatic heterocycles. The highest BCUT2D eigenvalue weighted by atomic mass is 79.9. The summed E-state index contributed by atoms with van der Waals surface area (Å²) in [7, 11) is 0. The van der Waals surface area contributed by atoms with Crippen molar-refractivity contribution >= 4 is 27.5 Å². The SMILES string of the molecule is Cc1cc(C)c(NC(=O)C2CCNC2)c(Br)c1. The first-order valence-electron chi connectivity index (χ1n) is 5.86. The van der Waals surface area contributed by atoms with Gasteiger partial charge in [0.2, 0.25) is 5.91 Å². The molecule has 1 amide bonds. The average Bonchev–Trinajstić information content (AvgIpc) is 2.76. The molecule has 2 rings (SSSR count). The van der Waals surface area contributed by atoms with Crippen LogP contribution in [0.25, 0.3) is 0 Å². The van der Waals surface area contributed by atoms with E-state index in [2.05, 4.69) is 32.6 Å². The van der Waals surface area contributed by atoms with Crippen LogP contribution in [0.4, 0.5) is 5.69 Å². The molecule has 1 unspecified atom stereocenters. The third kappa shape index (κ3) is 2.87. The second-order valence-corrected chi connectivity index (χ2v) is 5.47. The summed E-state index contributed by atoms with van der Waals surface area (Å²) in [6.07, 6.45) is 0.925. The molecule has 3 nitrogen and oxygen atoms in total. The average molecular weight is 297 g/mol. The van der Waals surface area contributed by atoms with Gasteiger partial charge in [0.15, 0.2) is 0 Å². The molecule has 1 fully saturated rings. The Morgan fingerprint density at radius 3 is 2.82 bits per heavy atom. The van der Waals surface area contributed by atoms with E-state index in [0.717, 1.165) is 35.2 Å². The van der Waals surface area contributed by atoms with Crippen LogP contribution in [0.15, 0.2) is 16.6 Å². The summed E-state index contributed by atoms with van der Waals surface area (Å²) in [4.78, 5) is 12.0. The molecule has 1 atom stereocenters. The number of amides is 1. The molecule has 1 saturated heterocycles. The lowest BCUT2D eigenvalue weighted by atomic mass is 10.1. The third-order valence-corrected chi connectivity index (χ3v) is 3.74. The number of benzene rings is 1. The lowest BCUT2D eigenvalue weighted by Crippen LogP contribution is -2.25. The van der Waals surface area contributed by atoms with E-state index in [1.165, 1.54) is 5.56 Å². The topological polar surface area (TPSA) is 41.1 Å². The van der Waals surface area contributed by atoms with Gasteiger partial charge in [-0.25, -0.2) is 0 Å². The van der Waals surface area contributed by atoms with Gasteiger partial charge in [-0.15, -0.1) is 0 Å². The van der Waals surface area contributed by atoms with E-state index < -0.39 is 0 Å². The highest BCUT2D eigenvalue weighted by Gasteiger charge is 2.23. The van der Waals surface area contributed by atoms with Gasteiger partial charge in [0.05, 0.1) is 11.6 Å². The van der Waals surface area contributed by atoms with Crippen molar-refractivity contribution in [3.8, 4) is 0 Å². The number of anilines is 1. The van der Waals surface area contributed by atoms with Crippen molar-refractivity contribution in [1.82, 2.24) is 5.32 Å². The Morgan fingerprint density at radius 1 is 1.47 bits per heavy atom. The molecule has 92 valence electrons. The number of hydrogen-bond acceptors (Lipinski definition) is 2. The Kier molecular flexibility index (Phi) is 3.84. The quantitative estimate of drug-likeness (QED) is 0.881. The summed E-state index contributed by atoms with van der Waals surface area (Å²) in [6.45, 7) is 5.78. The molecule has 0 saturated carbocycles. The van der Waals surface area contributed by atoms with Crippen LogP contribution >= 0.6 is 15.9 Å².